The summed E-state index contributed by atoms with van der Waals surface area (Å²) >= 11 is 0. The molecule has 34 heavy (non-hydrogen) atoms. The molecule has 170 valence electrons. The van der Waals surface area contributed by atoms with Crippen LogP contribution >= 0.6 is 0 Å². The molecular weight excluding hydrogens is 424 g/mol. The molecule has 5 aromatic heterocycles. The minimum Gasteiger partial charge on any atom is -0.378 e. The lowest BCUT2D eigenvalue weighted by Gasteiger charge is -2.14. The minimum absolute atomic E-state index is 0.664. The van der Waals surface area contributed by atoms with Gasteiger partial charge in [0.05, 0.1) is 47.0 Å². The first-order chi connectivity index (χ1) is 16.5. The van der Waals surface area contributed by atoms with Crippen molar-refractivity contribution >= 4 is 27.5 Å². The largest absolute Gasteiger partial charge is 0.378 e. The summed E-state index contributed by atoms with van der Waals surface area (Å²) in [7, 11) is 4.00. The van der Waals surface area contributed by atoms with Crippen LogP contribution in [0.4, 0.5) is 0 Å². The van der Waals surface area contributed by atoms with Gasteiger partial charge in [0.2, 0.25) is 0 Å². The van der Waals surface area contributed by atoms with Crippen molar-refractivity contribution in [2.45, 2.75) is 13.8 Å². The molecule has 0 aliphatic carbocycles. The summed E-state index contributed by atoms with van der Waals surface area (Å²) in [6, 6.07) is 4.23. The van der Waals surface area contributed by atoms with Gasteiger partial charge in [0.15, 0.2) is 5.65 Å². The quantitative estimate of drug-likeness (QED) is 0.354. The van der Waals surface area contributed by atoms with E-state index in [0.717, 1.165) is 55.9 Å². The molecule has 0 saturated carbocycles. The molecule has 5 heterocycles. The number of fused-ring (bicyclic) bond motifs is 2. The van der Waals surface area contributed by atoms with Crippen molar-refractivity contribution in [1.29, 1.82) is 0 Å². The Morgan fingerprint density at radius 1 is 1.12 bits per heavy atom. The first kappa shape index (κ1) is 21.4. The zero-order chi connectivity index (χ0) is 23.8. The smallest absolute Gasteiger partial charge is 0.181 e. The highest BCUT2D eigenvalue weighted by Gasteiger charge is 2.15. The highest BCUT2D eigenvalue weighted by atomic mass is 15.2. The second kappa shape index (κ2) is 8.47. The van der Waals surface area contributed by atoms with Gasteiger partial charge < -0.3 is 14.5 Å². The van der Waals surface area contributed by atoms with Crippen molar-refractivity contribution in [2.24, 2.45) is 0 Å². The number of nitrogens with one attached hydrogen (secondary N) is 2. The van der Waals surface area contributed by atoms with E-state index in [1.807, 2.05) is 68.3 Å². The van der Waals surface area contributed by atoms with Crippen LogP contribution in [0.15, 0.2) is 73.8 Å². The van der Waals surface area contributed by atoms with Crippen molar-refractivity contribution < 1.29 is 0 Å². The molecule has 0 aromatic carbocycles. The molecule has 0 bridgehead atoms. The molecule has 0 fully saturated rings. The van der Waals surface area contributed by atoms with Crippen LogP contribution in [0.3, 0.4) is 0 Å². The highest BCUT2D eigenvalue weighted by Crippen LogP contribution is 2.32. The maximum Gasteiger partial charge on any atom is 0.181 e. The van der Waals surface area contributed by atoms with Gasteiger partial charge in [0.25, 0.3) is 0 Å². The Bertz CT molecular complexity index is 1570. The fourth-order valence-corrected chi connectivity index (χ4v) is 4.06. The van der Waals surface area contributed by atoms with Gasteiger partial charge in [-0.3, -0.25) is 10.1 Å². The molecule has 5 rings (SSSR count). The normalized spacial score (nSPS) is 12.6. The zero-order valence-electron chi connectivity index (χ0n) is 19.7. The van der Waals surface area contributed by atoms with E-state index in [-0.39, 0.29) is 0 Å². The maximum absolute atomic E-state index is 4.61. The molecule has 0 saturated heterocycles. The summed E-state index contributed by atoms with van der Waals surface area (Å²) in [6.07, 6.45) is 15.3. The zero-order valence-corrected chi connectivity index (χ0v) is 19.7. The number of rotatable bonds is 6. The highest BCUT2D eigenvalue weighted by molar-refractivity contribution is 5.97. The number of imidazole rings is 1. The third kappa shape index (κ3) is 3.69. The van der Waals surface area contributed by atoms with E-state index in [9.17, 15) is 0 Å². The van der Waals surface area contributed by atoms with Gasteiger partial charge in [-0.2, -0.15) is 5.10 Å². The summed E-state index contributed by atoms with van der Waals surface area (Å²) in [5.41, 5.74) is 8.39. The number of hydrogen-bond acceptors (Lipinski definition) is 5. The first-order valence-electron chi connectivity index (χ1n) is 11.0. The number of likely N-dealkylation sites (N-methyl/N-ethyl adjacent to an activating group) is 1. The van der Waals surface area contributed by atoms with Crippen molar-refractivity contribution in [3.8, 4) is 17.1 Å². The maximum atomic E-state index is 4.61. The molecule has 0 aliphatic rings. The molecule has 0 spiro atoms. The fraction of sp³-hybridized carbons (Fsp3) is 0.154. The van der Waals surface area contributed by atoms with E-state index in [2.05, 4.69) is 61.0 Å². The van der Waals surface area contributed by atoms with Crippen molar-refractivity contribution in [3.05, 3.63) is 85.0 Å². The summed E-state index contributed by atoms with van der Waals surface area (Å²) in [4.78, 5) is 18.9. The molecule has 0 unspecified atom stereocenters. The van der Waals surface area contributed by atoms with E-state index in [1.54, 1.807) is 6.33 Å². The van der Waals surface area contributed by atoms with Crippen LogP contribution < -0.4 is 0 Å². The molecule has 8 heteroatoms. The molecule has 0 aliphatic heterocycles. The van der Waals surface area contributed by atoms with Crippen molar-refractivity contribution in [1.82, 2.24) is 39.6 Å². The number of H-pyrrole nitrogens is 2. The fourth-order valence-electron chi connectivity index (χ4n) is 4.06. The second-order valence-electron chi connectivity index (χ2n) is 8.33. The Balaban J connectivity index is 1.62. The van der Waals surface area contributed by atoms with E-state index in [0.29, 0.717) is 5.65 Å². The van der Waals surface area contributed by atoms with Crippen LogP contribution in [0.1, 0.15) is 18.2 Å². The molecule has 0 radical (unpaired) electrons. The summed E-state index contributed by atoms with van der Waals surface area (Å²) in [6.45, 7) is 7.92. The van der Waals surface area contributed by atoms with Crippen LogP contribution in [0.2, 0.25) is 0 Å². The second-order valence-corrected chi connectivity index (χ2v) is 8.33. The average molecular weight is 451 g/mol. The monoisotopic (exact) mass is 450 g/mol. The summed E-state index contributed by atoms with van der Waals surface area (Å²) < 4.78 is 1.99. The van der Waals surface area contributed by atoms with Crippen LogP contribution in [-0.2, 0) is 0 Å². The number of aromatic nitrogens is 7. The third-order valence-corrected chi connectivity index (χ3v) is 5.87. The number of aryl methyl sites for hydroxylation is 1. The standard InChI is InChI=1S/C26H26N8/c1-6-17(8-19(7-2)33(4)5)18-9-21-25(31-32-26(21)28-11-18)22-10-20-23(30-22)12-27-13-24(20)34-14-16(3)29-15-34/h6-15,30H,2H2,1,3-5H3,(H,28,31,32)/b17-6+,19-8+. The summed E-state index contributed by atoms with van der Waals surface area (Å²) in [5, 5.41) is 9.59. The van der Waals surface area contributed by atoms with Gasteiger partial charge in [-0.1, -0.05) is 12.7 Å². The molecule has 0 atom stereocenters. The Labute approximate surface area is 197 Å². The van der Waals surface area contributed by atoms with Gasteiger partial charge in [-0.15, -0.1) is 0 Å². The Hall–Kier alpha value is -4.46. The topological polar surface area (TPSA) is 91.3 Å². The number of aromatic amines is 2. The van der Waals surface area contributed by atoms with Crippen LogP contribution in [0.5, 0.6) is 0 Å². The van der Waals surface area contributed by atoms with Gasteiger partial charge in [0.1, 0.15) is 0 Å². The average Bonchev–Trinajstić information content (AvgIpc) is 3.56. The van der Waals surface area contributed by atoms with Gasteiger partial charge in [0, 0.05) is 48.5 Å². The lowest BCUT2D eigenvalue weighted by atomic mass is 10.0. The van der Waals surface area contributed by atoms with Crippen molar-refractivity contribution in [2.75, 3.05) is 14.1 Å². The predicted octanol–water partition coefficient (Wildman–Crippen LogP) is 5.03. The van der Waals surface area contributed by atoms with Crippen LogP contribution in [0.25, 0.3) is 44.6 Å². The van der Waals surface area contributed by atoms with E-state index >= 15 is 0 Å². The van der Waals surface area contributed by atoms with Crippen LogP contribution in [-0.4, -0.2) is 53.7 Å². The number of nitrogens with zero attached hydrogens (tertiary/aromatic N) is 6. The van der Waals surface area contributed by atoms with Gasteiger partial charge in [-0.05, 0) is 43.7 Å². The number of pyridine rings is 2. The third-order valence-electron chi connectivity index (χ3n) is 5.87. The summed E-state index contributed by atoms with van der Waals surface area (Å²) in [5.74, 6) is 0. The van der Waals surface area contributed by atoms with E-state index in [1.165, 1.54) is 0 Å². The SMILES string of the molecule is C=C/C(=C\C(=C/C)c1cnc2n[nH]c(-c3cc4c(-n5cnc(C)c5)cncc4[nH]3)c2c1)N(C)C. The van der Waals surface area contributed by atoms with Gasteiger partial charge >= 0.3 is 0 Å². The first-order valence-corrected chi connectivity index (χ1v) is 11.0. The molecule has 8 nitrogen and oxygen atoms in total. The Morgan fingerprint density at radius 3 is 2.68 bits per heavy atom. The van der Waals surface area contributed by atoms with Crippen LogP contribution in [0, 0.1) is 6.92 Å². The predicted molar refractivity (Wildman–Crippen MR) is 136 cm³/mol. The minimum atomic E-state index is 0.664. The molecular formula is C26H26N8. The van der Waals surface area contributed by atoms with Gasteiger partial charge in [-0.25, -0.2) is 9.97 Å². The molecule has 5 aromatic rings. The Kier molecular flexibility index (Phi) is 5.33. The van der Waals surface area contributed by atoms with Crippen molar-refractivity contribution in [3.63, 3.8) is 0 Å². The molecule has 0 amide bonds. The Morgan fingerprint density at radius 2 is 1.97 bits per heavy atom. The lowest BCUT2D eigenvalue weighted by molar-refractivity contribution is 0.530. The number of hydrogen-bond donors (Lipinski definition) is 2. The van der Waals surface area contributed by atoms with E-state index < -0.39 is 0 Å². The number of allylic oxidation sites excluding steroid dienone is 4. The lowest BCUT2D eigenvalue weighted by Crippen LogP contribution is -2.09. The van der Waals surface area contributed by atoms with E-state index in [4.69, 9.17) is 0 Å². The molecule has 2 N–H and O–H groups in total.